The molecule has 0 atom stereocenters. The molecule has 1 aliphatic carbocycles. The van der Waals surface area contributed by atoms with E-state index in [-0.39, 0.29) is 5.82 Å². The second kappa shape index (κ2) is 9.90. The summed E-state index contributed by atoms with van der Waals surface area (Å²) in [4.78, 5) is 0. The van der Waals surface area contributed by atoms with E-state index in [0.29, 0.717) is 0 Å². The van der Waals surface area contributed by atoms with Gasteiger partial charge in [0.15, 0.2) is 0 Å². The third-order valence-electron chi connectivity index (χ3n) is 6.14. The summed E-state index contributed by atoms with van der Waals surface area (Å²) in [6, 6.07) is 15.6. The smallest absolute Gasteiger partial charge is 0.123 e. The molecule has 0 radical (unpaired) electrons. The van der Waals surface area contributed by atoms with Gasteiger partial charge in [-0.2, -0.15) is 0 Å². The van der Waals surface area contributed by atoms with Crippen LogP contribution in [0.1, 0.15) is 70.3 Å². The van der Waals surface area contributed by atoms with E-state index in [1.165, 1.54) is 75.8 Å². The predicted molar refractivity (Wildman–Crippen MR) is 110 cm³/mol. The lowest BCUT2D eigenvalue weighted by atomic mass is 9.78. The van der Waals surface area contributed by atoms with Crippen molar-refractivity contribution in [2.75, 3.05) is 0 Å². The molecule has 2 aromatic carbocycles. The summed E-state index contributed by atoms with van der Waals surface area (Å²) in [6.45, 7) is 2.29. The minimum atomic E-state index is -0.170. The lowest BCUT2D eigenvalue weighted by Gasteiger charge is -2.28. The molecule has 3 rings (SSSR count). The van der Waals surface area contributed by atoms with Crippen molar-refractivity contribution in [3.63, 3.8) is 0 Å². The molecule has 0 aromatic heterocycles. The molecule has 1 aliphatic rings. The number of halogens is 1. The van der Waals surface area contributed by atoms with Crippen LogP contribution in [0.2, 0.25) is 0 Å². The van der Waals surface area contributed by atoms with Gasteiger partial charge in [0.25, 0.3) is 0 Å². The number of hydrogen-bond acceptors (Lipinski definition) is 0. The van der Waals surface area contributed by atoms with Gasteiger partial charge in [-0.1, -0.05) is 94.7 Å². The maximum atomic E-state index is 13.4. The van der Waals surface area contributed by atoms with Crippen LogP contribution in [0, 0.1) is 17.7 Å². The van der Waals surface area contributed by atoms with Gasteiger partial charge in [0.1, 0.15) is 5.82 Å². The maximum absolute atomic E-state index is 13.4. The summed E-state index contributed by atoms with van der Waals surface area (Å²) < 4.78 is 13.4. The van der Waals surface area contributed by atoms with Crippen LogP contribution >= 0.6 is 0 Å². The second-order valence-corrected chi connectivity index (χ2v) is 8.13. The Balaban J connectivity index is 1.43. The molecule has 2 aromatic rings. The van der Waals surface area contributed by atoms with Crippen molar-refractivity contribution in [1.82, 2.24) is 0 Å². The Morgan fingerprint density at radius 1 is 0.808 bits per heavy atom. The highest BCUT2D eigenvalue weighted by Crippen LogP contribution is 2.34. The highest BCUT2D eigenvalue weighted by molar-refractivity contribution is 5.63. The first-order chi connectivity index (χ1) is 12.7. The van der Waals surface area contributed by atoms with Gasteiger partial charge in [-0.15, -0.1) is 0 Å². The fourth-order valence-corrected chi connectivity index (χ4v) is 4.39. The molecular formula is C25H33F. The van der Waals surface area contributed by atoms with E-state index in [4.69, 9.17) is 0 Å². The van der Waals surface area contributed by atoms with Gasteiger partial charge in [0.2, 0.25) is 0 Å². The molecule has 0 N–H and O–H groups in total. The first-order valence-corrected chi connectivity index (χ1v) is 10.6. The fraction of sp³-hybridized carbons (Fsp3) is 0.520. The van der Waals surface area contributed by atoms with Crippen molar-refractivity contribution < 1.29 is 4.39 Å². The molecule has 0 spiro atoms. The van der Waals surface area contributed by atoms with Gasteiger partial charge in [-0.25, -0.2) is 4.39 Å². The maximum Gasteiger partial charge on any atom is 0.123 e. The predicted octanol–water partition coefficient (Wildman–Crippen LogP) is 7.81. The van der Waals surface area contributed by atoms with Gasteiger partial charge in [-0.05, 0) is 53.5 Å². The summed E-state index contributed by atoms with van der Waals surface area (Å²) in [5.41, 5.74) is 3.47. The van der Waals surface area contributed by atoms with Crippen molar-refractivity contribution in [2.45, 2.75) is 71.1 Å². The van der Waals surface area contributed by atoms with Crippen molar-refractivity contribution in [1.29, 1.82) is 0 Å². The molecule has 1 saturated carbocycles. The van der Waals surface area contributed by atoms with E-state index in [9.17, 15) is 4.39 Å². The molecule has 140 valence electrons. The van der Waals surface area contributed by atoms with Crippen LogP contribution < -0.4 is 0 Å². The molecule has 1 fully saturated rings. The molecule has 0 unspecified atom stereocenters. The number of benzene rings is 2. The quantitative estimate of drug-likeness (QED) is 0.425. The van der Waals surface area contributed by atoms with Gasteiger partial charge in [0.05, 0.1) is 0 Å². The first kappa shape index (κ1) is 19.1. The number of rotatable bonds is 8. The van der Waals surface area contributed by atoms with Crippen LogP contribution in [0.15, 0.2) is 48.5 Å². The standard InChI is InChI=1S/C25H33F/c1-2-3-4-6-20-9-11-21(12-10-20)13-14-22-15-17-23(18-16-22)24-7-5-8-25(26)19-24/h5,7-8,15-21H,2-4,6,9-14H2,1H3. The highest BCUT2D eigenvalue weighted by Gasteiger charge is 2.20. The molecule has 0 nitrogen and oxygen atoms in total. The lowest BCUT2D eigenvalue weighted by Crippen LogP contribution is -2.15. The zero-order chi connectivity index (χ0) is 18.2. The molecule has 0 aliphatic heterocycles. The minimum absolute atomic E-state index is 0.170. The van der Waals surface area contributed by atoms with Gasteiger partial charge < -0.3 is 0 Å². The Hall–Kier alpha value is -1.63. The molecule has 0 heterocycles. The van der Waals surface area contributed by atoms with Crippen LogP contribution in [0.25, 0.3) is 11.1 Å². The fourth-order valence-electron chi connectivity index (χ4n) is 4.39. The van der Waals surface area contributed by atoms with Gasteiger partial charge in [-0.3, -0.25) is 0 Å². The Kier molecular flexibility index (Phi) is 7.29. The zero-order valence-corrected chi connectivity index (χ0v) is 16.2. The Labute approximate surface area is 158 Å². The van der Waals surface area contributed by atoms with E-state index in [1.54, 1.807) is 12.1 Å². The average molecular weight is 353 g/mol. The zero-order valence-electron chi connectivity index (χ0n) is 16.2. The Bertz CT molecular complexity index is 650. The van der Waals surface area contributed by atoms with Crippen molar-refractivity contribution in [2.24, 2.45) is 11.8 Å². The lowest BCUT2D eigenvalue weighted by molar-refractivity contribution is 0.249. The molecule has 26 heavy (non-hydrogen) atoms. The summed E-state index contributed by atoms with van der Waals surface area (Å²) in [5, 5.41) is 0. The van der Waals surface area contributed by atoms with Crippen LogP contribution in [-0.2, 0) is 6.42 Å². The normalized spacial score (nSPS) is 20.2. The number of hydrogen-bond donors (Lipinski definition) is 0. The summed E-state index contributed by atoms with van der Waals surface area (Å²) in [6.07, 6.45) is 13.9. The summed E-state index contributed by atoms with van der Waals surface area (Å²) in [5.74, 6) is 1.75. The second-order valence-electron chi connectivity index (χ2n) is 8.13. The van der Waals surface area contributed by atoms with Crippen LogP contribution in [-0.4, -0.2) is 0 Å². The van der Waals surface area contributed by atoms with Crippen molar-refractivity contribution in [3.05, 3.63) is 59.9 Å². The number of aryl methyl sites for hydroxylation is 1. The summed E-state index contributed by atoms with van der Waals surface area (Å²) >= 11 is 0. The molecule has 0 saturated heterocycles. The van der Waals surface area contributed by atoms with E-state index in [0.717, 1.165) is 23.0 Å². The van der Waals surface area contributed by atoms with E-state index in [1.807, 2.05) is 6.07 Å². The van der Waals surface area contributed by atoms with E-state index < -0.39 is 0 Å². The van der Waals surface area contributed by atoms with Crippen molar-refractivity contribution in [3.8, 4) is 11.1 Å². The third kappa shape index (κ3) is 5.69. The topological polar surface area (TPSA) is 0 Å². The summed E-state index contributed by atoms with van der Waals surface area (Å²) in [7, 11) is 0. The Morgan fingerprint density at radius 3 is 2.15 bits per heavy atom. The first-order valence-electron chi connectivity index (χ1n) is 10.6. The van der Waals surface area contributed by atoms with Crippen molar-refractivity contribution >= 4 is 0 Å². The molecular weight excluding hydrogens is 319 g/mol. The van der Waals surface area contributed by atoms with E-state index in [2.05, 4.69) is 31.2 Å². The molecule has 0 amide bonds. The third-order valence-corrected chi connectivity index (χ3v) is 6.14. The monoisotopic (exact) mass is 352 g/mol. The van der Waals surface area contributed by atoms with Crippen LogP contribution in [0.4, 0.5) is 4.39 Å². The average Bonchev–Trinajstić information content (AvgIpc) is 2.68. The molecule has 0 bridgehead atoms. The van der Waals surface area contributed by atoms with E-state index >= 15 is 0 Å². The SMILES string of the molecule is CCCCCC1CCC(CCc2ccc(-c3cccc(F)c3)cc2)CC1. The van der Waals surface area contributed by atoms with Gasteiger partial charge in [0, 0.05) is 0 Å². The van der Waals surface area contributed by atoms with Gasteiger partial charge >= 0.3 is 0 Å². The van der Waals surface area contributed by atoms with Crippen LogP contribution in [0.5, 0.6) is 0 Å². The molecule has 1 heteroatoms. The highest BCUT2D eigenvalue weighted by atomic mass is 19.1. The minimum Gasteiger partial charge on any atom is -0.207 e. The van der Waals surface area contributed by atoms with Crippen LogP contribution in [0.3, 0.4) is 0 Å². The Morgan fingerprint density at radius 2 is 1.50 bits per heavy atom. The largest absolute Gasteiger partial charge is 0.207 e. The number of unbranched alkanes of at least 4 members (excludes halogenated alkanes) is 2.